The largest absolute Gasteiger partial charge is 0.479 e. The number of rotatable bonds is 2. The predicted octanol–water partition coefficient (Wildman–Crippen LogP) is 0.829. The number of morpholine rings is 1. The Bertz CT molecular complexity index is 425. The van der Waals surface area contributed by atoms with E-state index in [-0.39, 0.29) is 19.1 Å². The van der Waals surface area contributed by atoms with Gasteiger partial charge in [0.05, 0.1) is 30.9 Å². The highest BCUT2D eigenvalue weighted by atomic mass is 16.5. The van der Waals surface area contributed by atoms with E-state index in [1.54, 1.807) is 4.90 Å². The third kappa shape index (κ3) is 3.47. The fraction of sp³-hybridized carbons (Fsp3) is 0.857. The van der Waals surface area contributed by atoms with Crippen LogP contribution in [0, 0.1) is 0 Å². The monoisotopic (exact) mass is 300 g/mol. The molecule has 0 saturated carbocycles. The van der Waals surface area contributed by atoms with Crippen LogP contribution in [0.25, 0.3) is 0 Å². The van der Waals surface area contributed by atoms with Crippen molar-refractivity contribution in [3.8, 4) is 0 Å². The minimum Gasteiger partial charge on any atom is -0.479 e. The number of carboxylic acid groups (broad SMARTS) is 1. The van der Waals surface area contributed by atoms with Crippen molar-refractivity contribution in [2.24, 2.45) is 0 Å². The number of amides is 2. The van der Waals surface area contributed by atoms with Crippen LogP contribution in [0.2, 0.25) is 0 Å². The summed E-state index contributed by atoms with van der Waals surface area (Å²) in [6, 6.07) is -0.382. The summed E-state index contributed by atoms with van der Waals surface area (Å²) in [4.78, 5) is 25.6. The van der Waals surface area contributed by atoms with Crippen molar-refractivity contribution in [2.75, 3.05) is 26.3 Å². The van der Waals surface area contributed by atoms with Crippen molar-refractivity contribution >= 4 is 12.0 Å². The van der Waals surface area contributed by atoms with Gasteiger partial charge in [0.1, 0.15) is 0 Å². The average molecular weight is 300 g/mol. The molecule has 2 saturated heterocycles. The summed E-state index contributed by atoms with van der Waals surface area (Å²) in [5.41, 5.74) is -2.26. The molecule has 120 valence electrons. The van der Waals surface area contributed by atoms with E-state index in [0.29, 0.717) is 19.7 Å². The zero-order chi connectivity index (χ0) is 15.9. The molecular weight excluding hydrogens is 276 g/mol. The third-order valence-corrected chi connectivity index (χ3v) is 3.76. The SMILES string of the molecule is CC1(C)CN(C(=O)NC2(C(=O)O)CCOC2)CC(C)(C)O1. The Labute approximate surface area is 124 Å². The van der Waals surface area contributed by atoms with Gasteiger partial charge in [0, 0.05) is 13.0 Å². The first-order valence-electron chi connectivity index (χ1n) is 7.14. The molecule has 0 aromatic heterocycles. The summed E-state index contributed by atoms with van der Waals surface area (Å²) in [7, 11) is 0. The van der Waals surface area contributed by atoms with Crippen LogP contribution in [0.5, 0.6) is 0 Å². The summed E-state index contributed by atoms with van der Waals surface area (Å²) in [5.74, 6) is -1.06. The molecule has 2 N–H and O–H groups in total. The molecule has 0 aromatic carbocycles. The summed E-state index contributed by atoms with van der Waals surface area (Å²) in [6.07, 6.45) is 0.283. The van der Waals surface area contributed by atoms with Crippen LogP contribution in [0.15, 0.2) is 0 Å². The Balaban J connectivity index is 2.11. The van der Waals surface area contributed by atoms with Crippen LogP contribution >= 0.6 is 0 Å². The number of aliphatic carboxylic acids is 1. The first-order valence-corrected chi connectivity index (χ1v) is 7.14. The van der Waals surface area contributed by atoms with E-state index < -0.39 is 22.7 Å². The molecule has 0 aliphatic carbocycles. The normalized spacial score (nSPS) is 31.0. The number of nitrogens with zero attached hydrogens (tertiary/aromatic N) is 1. The van der Waals surface area contributed by atoms with Gasteiger partial charge < -0.3 is 24.8 Å². The molecule has 2 heterocycles. The van der Waals surface area contributed by atoms with Crippen LogP contribution in [0.1, 0.15) is 34.1 Å². The Morgan fingerprint density at radius 2 is 1.71 bits per heavy atom. The summed E-state index contributed by atoms with van der Waals surface area (Å²) in [6.45, 7) is 8.84. The maximum atomic E-state index is 12.5. The highest BCUT2D eigenvalue weighted by molar-refractivity contribution is 5.86. The molecular formula is C14H24N2O5. The van der Waals surface area contributed by atoms with Gasteiger partial charge in [-0.2, -0.15) is 0 Å². The van der Waals surface area contributed by atoms with Crippen molar-refractivity contribution in [3.05, 3.63) is 0 Å². The number of carbonyl (C=O) groups is 2. The second kappa shape index (κ2) is 5.14. The standard InChI is InChI=1S/C14H24N2O5/c1-12(2)7-16(8-13(3,4)21-12)11(19)15-14(10(17)18)5-6-20-9-14/h5-9H2,1-4H3,(H,15,19)(H,17,18). The molecule has 2 aliphatic rings. The molecule has 2 rings (SSSR count). The van der Waals surface area contributed by atoms with Crippen LogP contribution in [-0.4, -0.2) is 65.1 Å². The smallest absolute Gasteiger partial charge is 0.332 e. The number of hydrogen-bond donors (Lipinski definition) is 2. The number of hydrogen-bond acceptors (Lipinski definition) is 4. The lowest BCUT2D eigenvalue weighted by molar-refractivity contribution is -0.170. The molecule has 1 atom stereocenters. The van der Waals surface area contributed by atoms with Crippen molar-refractivity contribution in [2.45, 2.75) is 50.9 Å². The van der Waals surface area contributed by atoms with Crippen LogP contribution in [-0.2, 0) is 14.3 Å². The number of urea groups is 1. The van der Waals surface area contributed by atoms with Gasteiger partial charge in [-0.05, 0) is 27.7 Å². The van der Waals surface area contributed by atoms with Crippen molar-refractivity contribution in [3.63, 3.8) is 0 Å². The zero-order valence-electron chi connectivity index (χ0n) is 13.1. The Hall–Kier alpha value is -1.34. The van der Waals surface area contributed by atoms with Crippen molar-refractivity contribution < 1.29 is 24.2 Å². The molecule has 2 amide bonds. The molecule has 0 aromatic rings. The molecule has 21 heavy (non-hydrogen) atoms. The molecule has 0 spiro atoms. The Kier molecular flexibility index (Phi) is 3.92. The van der Waals surface area contributed by atoms with Crippen molar-refractivity contribution in [1.29, 1.82) is 0 Å². The summed E-state index contributed by atoms with van der Waals surface area (Å²) in [5, 5.41) is 12.0. The molecule has 2 aliphatic heterocycles. The topological polar surface area (TPSA) is 88.1 Å². The van der Waals surface area contributed by atoms with Gasteiger partial charge in [-0.1, -0.05) is 0 Å². The number of ether oxygens (including phenoxy) is 2. The zero-order valence-corrected chi connectivity index (χ0v) is 13.1. The summed E-state index contributed by atoms with van der Waals surface area (Å²) < 4.78 is 11.1. The lowest BCUT2D eigenvalue weighted by Crippen LogP contribution is -2.64. The number of nitrogens with one attached hydrogen (secondary N) is 1. The van der Waals surface area contributed by atoms with Gasteiger partial charge in [-0.15, -0.1) is 0 Å². The quantitative estimate of drug-likeness (QED) is 0.788. The highest BCUT2D eigenvalue weighted by Gasteiger charge is 2.47. The number of carbonyl (C=O) groups excluding carboxylic acids is 1. The van der Waals surface area contributed by atoms with Gasteiger partial charge in [0.15, 0.2) is 5.54 Å². The van der Waals surface area contributed by atoms with E-state index in [9.17, 15) is 14.7 Å². The maximum Gasteiger partial charge on any atom is 0.332 e. The van der Waals surface area contributed by atoms with E-state index in [1.165, 1.54) is 0 Å². The van der Waals surface area contributed by atoms with Gasteiger partial charge in [-0.3, -0.25) is 0 Å². The fourth-order valence-corrected chi connectivity index (χ4v) is 3.10. The van der Waals surface area contributed by atoms with E-state index in [1.807, 2.05) is 27.7 Å². The van der Waals surface area contributed by atoms with E-state index in [4.69, 9.17) is 9.47 Å². The predicted molar refractivity (Wildman–Crippen MR) is 75.2 cm³/mol. The maximum absolute atomic E-state index is 12.5. The Morgan fingerprint density at radius 3 is 2.14 bits per heavy atom. The van der Waals surface area contributed by atoms with Crippen LogP contribution in [0.4, 0.5) is 4.79 Å². The minimum absolute atomic E-state index is 0.00516. The molecule has 2 fully saturated rings. The minimum atomic E-state index is -1.32. The van der Waals surface area contributed by atoms with Crippen LogP contribution in [0.3, 0.4) is 0 Å². The molecule has 7 heteroatoms. The third-order valence-electron chi connectivity index (χ3n) is 3.76. The first-order chi connectivity index (χ1) is 9.55. The molecule has 0 bridgehead atoms. The van der Waals surface area contributed by atoms with Crippen molar-refractivity contribution in [1.82, 2.24) is 10.2 Å². The molecule has 1 unspecified atom stereocenters. The van der Waals surface area contributed by atoms with Crippen LogP contribution < -0.4 is 5.32 Å². The van der Waals surface area contributed by atoms with Gasteiger partial charge in [0.2, 0.25) is 0 Å². The first kappa shape index (κ1) is 16.0. The second-order valence-electron chi connectivity index (χ2n) is 7.10. The molecule has 7 nitrogen and oxygen atoms in total. The van der Waals surface area contributed by atoms with Gasteiger partial charge >= 0.3 is 12.0 Å². The fourth-order valence-electron chi connectivity index (χ4n) is 3.10. The summed E-state index contributed by atoms with van der Waals surface area (Å²) >= 11 is 0. The lowest BCUT2D eigenvalue weighted by atomic mass is 9.97. The lowest BCUT2D eigenvalue weighted by Gasteiger charge is -2.47. The van der Waals surface area contributed by atoms with Gasteiger partial charge in [0.25, 0.3) is 0 Å². The van der Waals surface area contributed by atoms with Gasteiger partial charge in [-0.25, -0.2) is 9.59 Å². The average Bonchev–Trinajstić information content (AvgIpc) is 2.74. The number of carboxylic acids is 1. The Morgan fingerprint density at radius 1 is 1.14 bits per heavy atom. The van der Waals surface area contributed by atoms with E-state index in [0.717, 1.165) is 0 Å². The van der Waals surface area contributed by atoms with E-state index >= 15 is 0 Å². The van der Waals surface area contributed by atoms with E-state index in [2.05, 4.69) is 5.32 Å². The molecule has 0 radical (unpaired) electrons. The highest BCUT2D eigenvalue weighted by Crippen LogP contribution is 2.28. The second-order valence-corrected chi connectivity index (χ2v) is 7.10.